The van der Waals surface area contributed by atoms with Crippen LogP contribution in [0.2, 0.25) is 0 Å². The van der Waals surface area contributed by atoms with Gasteiger partial charge in [0.05, 0.1) is 12.6 Å². The van der Waals surface area contributed by atoms with Crippen molar-refractivity contribution in [3.05, 3.63) is 0 Å². The van der Waals surface area contributed by atoms with E-state index in [1.165, 1.54) is 0 Å². The van der Waals surface area contributed by atoms with Crippen molar-refractivity contribution in [2.24, 2.45) is 10.9 Å². The lowest BCUT2D eigenvalue weighted by Crippen LogP contribution is -2.44. The van der Waals surface area contributed by atoms with Gasteiger partial charge in [0.2, 0.25) is 5.91 Å². The van der Waals surface area contributed by atoms with Crippen LogP contribution in [-0.4, -0.2) is 36.2 Å². The molecule has 0 fully saturated rings. The molecule has 0 rings (SSSR count). The van der Waals surface area contributed by atoms with Gasteiger partial charge in [-0.15, -0.1) is 0 Å². The third kappa shape index (κ3) is 5.90. The maximum Gasteiger partial charge on any atom is 0.222 e. The normalized spacial score (nSPS) is 13.6. The van der Waals surface area contributed by atoms with E-state index in [0.29, 0.717) is 19.6 Å². The van der Waals surface area contributed by atoms with Gasteiger partial charge in [-0.05, 0) is 13.3 Å². The Morgan fingerprint density at radius 3 is 2.73 bits per heavy atom. The number of hydrogen-bond acceptors (Lipinski definition) is 4. The summed E-state index contributed by atoms with van der Waals surface area (Å²) in [5.74, 6) is -0.149. The maximum absolute atomic E-state index is 11.3. The van der Waals surface area contributed by atoms with E-state index in [4.69, 9.17) is 15.7 Å². The van der Waals surface area contributed by atoms with E-state index in [9.17, 15) is 4.79 Å². The lowest BCUT2D eigenvalue weighted by Gasteiger charge is -2.15. The van der Waals surface area contributed by atoms with E-state index >= 15 is 0 Å². The van der Waals surface area contributed by atoms with Crippen molar-refractivity contribution in [2.45, 2.75) is 32.7 Å². The second-order valence-electron chi connectivity index (χ2n) is 3.00. The van der Waals surface area contributed by atoms with E-state index in [0.717, 1.165) is 0 Å². The summed E-state index contributed by atoms with van der Waals surface area (Å²) in [7, 11) is 0. The minimum Gasteiger partial charge on any atom is -0.409 e. The Kier molecular flexibility index (Phi) is 7.35. The SMILES string of the molecule is CCOCCC(=O)NC(CC)C(N)=NO. The zero-order valence-electron chi connectivity index (χ0n) is 9.19. The van der Waals surface area contributed by atoms with Crippen LogP contribution in [0, 0.1) is 0 Å². The van der Waals surface area contributed by atoms with Gasteiger partial charge in [-0.3, -0.25) is 4.79 Å². The van der Waals surface area contributed by atoms with E-state index < -0.39 is 6.04 Å². The number of carbonyl (C=O) groups is 1. The molecule has 0 saturated carbocycles. The smallest absolute Gasteiger partial charge is 0.222 e. The average molecular weight is 217 g/mol. The molecule has 0 saturated heterocycles. The molecule has 1 amide bonds. The van der Waals surface area contributed by atoms with Crippen molar-refractivity contribution >= 4 is 11.7 Å². The van der Waals surface area contributed by atoms with Crippen LogP contribution < -0.4 is 11.1 Å². The van der Waals surface area contributed by atoms with Crippen LogP contribution in [0.15, 0.2) is 5.16 Å². The molecule has 1 unspecified atom stereocenters. The number of hydrogen-bond donors (Lipinski definition) is 3. The first kappa shape index (κ1) is 13.7. The number of rotatable bonds is 7. The van der Waals surface area contributed by atoms with Crippen LogP contribution in [0.4, 0.5) is 0 Å². The highest BCUT2D eigenvalue weighted by Gasteiger charge is 2.14. The lowest BCUT2D eigenvalue weighted by molar-refractivity contribution is -0.122. The molecule has 0 radical (unpaired) electrons. The summed E-state index contributed by atoms with van der Waals surface area (Å²) in [5, 5.41) is 13.9. The van der Waals surface area contributed by atoms with Crippen LogP contribution in [-0.2, 0) is 9.53 Å². The first-order valence-electron chi connectivity index (χ1n) is 5.00. The highest BCUT2D eigenvalue weighted by Crippen LogP contribution is 1.93. The molecular weight excluding hydrogens is 198 g/mol. The number of oxime groups is 1. The summed E-state index contributed by atoms with van der Waals surface area (Å²) in [5.41, 5.74) is 5.38. The Labute approximate surface area is 89.5 Å². The van der Waals surface area contributed by atoms with Crippen LogP contribution in [0.3, 0.4) is 0 Å². The average Bonchev–Trinajstić information content (AvgIpc) is 2.25. The fourth-order valence-electron chi connectivity index (χ4n) is 1.03. The monoisotopic (exact) mass is 217 g/mol. The molecule has 0 aromatic heterocycles. The minimum absolute atomic E-state index is 0.0160. The number of amides is 1. The quantitative estimate of drug-likeness (QED) is 0.184. The van der Waals surface area contributed by atoms with Crippen LogP contribution in [0.25, 0.3) is 0 Å². The van der Waals surface area contributed by atoms with E-state index in [1.54, 1.807) is 0 Å². The van der Waals surface area contributed by atoms with Gasteiger partial charge in [-0.1, -0.05) is 12.1 Å². The summed E-state index contributed by atoms with van der Waals surface area (Å²) in [6.07, 6.45) is 0.860. The Hall–Kier alpha value is -1.30. The van der Waals surface area contributed by atoms with E-state index in [1.807, 2.05) is 13.8 Å². The summed E-state index contributed by atoms with van der Waals surface area (Å²) >= 11 is 0. The zero-order chi connectivity index (χ0) is 11.7. The Bertz CT molecular complexity index is 219. The summed E-state index contributed by atoms with van der Waals surface area (Å²) in [4.78, 5) is 11.3. The lowest BCUT2D eigenvalue weighted by atomic mass is 10.2. The standard InChI is InChI=1S/C9H19N3O3/c1-3-7(9(10)12-14)11-8(13)5-6-15-4-2/h7,14H,3-6H2,1-2H3,(H2,10,12)(H,11,13). The van der Waals surface area contributed by atoms with Gasteiger partial charge in [-0.25, -0.2) is 0 Å². The molecule has 0 aliphatic rings. The fraction of sp³-hybridized carbons (Fsp3) is 0.778. The van der Waals surface area contributed by atoms with Gasteiger partial charge in [0.1, 0.15) is 0 Å². The van der Waals surface area contributed by atoms with E-state index in [-0.39, 0.29) is 18.2 Å². The van der Waals surface area contributed by atoms with Gasteiger partial charge >= 0.3 is 0 Å². The maximum atomic E-state index is 11.3. The Morgan fingerprint density at radius 2 is 2.27 bits per heavy atom. The summed E-state index contributed by atoms with van der Waals surface area (Å²) in [6, 6.07) is -0.413. The molecule has 0 aromatic carbocycles. The molecule has 1 atom stereocenters. The van der Waals surface area contributed by atoms with Crippen molar-refractivity contribution in [1.82, 2.24) is 5.32 Å². The molecule has 0 spiro atoms. The molecule has 0 aliphatic carbocycles. The molecule has 0 aromatic rings. The first-order chi connectivity index (χ1) is 7.15. The molecule has 15 heavy (non-hydrogen) atoms. The third-order valence-corrected chi connectivity index (χ3v) is 1.89. The molecule has 4 N–H and O–H groups in total. The number of nitrogens with two attached hydrogens (primary N) is 1. The molecule has 0 heterocycles. The van der Waals surface area contributed by atoms with Crippen LogP contribution in [0.5, 0.6) is 0 Å². The Morgan fingerprint density at radius 1 is 1.60 bits per heavy atom. The number of amidine groups is 1. The predicted molar refractivity (Wildman–Crippen MR) is 56.7 cm³/mol. The fourth-order valence-corrected chi connectivity index (χ4v) is 1.03. The highest BCUT2D eigenvalue weighted by atomic mass is 16.5. The first-order valence-corrected chi connectivity index (χ1v) is 5.00. The summed E-state index contributed by atoms with van der Waals surface area (Å²) < 4.78 is 5.03. The largest absolute Gasteiger partial charge is 0.409 e. The molecule has 6 nitrogen and oxygen atoms in total. The highest BCUT2D eigenvalue weighted by molar-refractivity contribution is 5.89. The van der Waals surface area contributed by atoms with Crippen molar-refractivity contribution in [3.63, 3.8) is 0 Å². The summed E-state index contributed by atoms with van der Waals surface area (Å²) in [6.45, 7) is 4.67. The van der Waals surface area contributed by atoms with Gasteiger partial charge in [0.15, 0.2) is 5.84 Å². The molecule has 6 heteroatoms. The molecule has 88 valence electrons. The number of nitrogens with zero attached hydrogens (tertiary/aromatic N) is 1. The van der Waals surface area contributed by atoms with Gasteiger partial charge in [-0.2, -0.15) is 0 Å². The second-order valence-corrected chi connectivity index (χ2v) is 3.00. The predicted octanol–water partition coefficient (Wildman–Crippen LogP) is 0.0542. The van der Waals surface area contributed by atoms with E-state index in [2.05, 4.69) is 10.5 Å². The molecule has 0 aliphatic heterocycles. The number of ether oxygens (including phenoxy) is 1. The van der Waals surface area contributed by atoms with Gasteiger partial charge in [0, 0.05) is 13.0 Å². The van der Waals surface area contributed by atoms with Gasteiger partial charge in [0.25, 0.3) is 0 Å². The Balaban J connectivity index is 3.91. The van der Waals surface area contributed by atoms with Crippen molar-refractivity contribution in [3.8, 4) is 0 Å². The van der Waals surface area contributed by atoms with Crippen molar-refractivity contribution in [1.29, 1.82) is 0 Å². The van der Waals surface area contributed by atoms with Crippen LogP contribution in [0.1, 0.15) is 26.7 Å². The van der Waals surface area contributed by atoms with Gasteiger partial charge < -0.3 is 21.0 Å². The minimum atomic E-state index is -0.413. The second kappa shape index (κ2) is 8.05. The topological polar surface area (TPSA) is 96.9 Å². The van der Waals surface area contributed by atoms with Crippen LogP contribution >= 0.6 is 0 Å². The zero-order valence-corrected chi connectivity index (χ0v) is 9.19. The third-order valence-electron chi connectivity index (χ3n) is 1.89. The van der Waals surface area contributed by atoms with Crippen molar-refractivity contribution < 1.29 is 14.7 Å². The number of nitrogens with one attached hydrogen (secondary N) is 1. The molecule has 0 bridgehead atoms. The molecular formula is C9H19N3O3. The van der Waals surface area contributed by atoms with Crippen molar-refractivity contribution in [2.75, 3.05) is 13.2 Å². The number of carbonyl (C=O) groups excluding carboxylic acids is 1.